The number of carbonyl (C=O) groups is 1. The highest BCUT2D eigenvalue weighted by molar-refractivity contribution is 6.31. The van der Waals surface area contributed by atoms with E-state index in [-0.39, 0.29) is 5.91 Å². The molecule has 0 unspecified atom stereocenters. The van der Waals surface area contributed by atoms with Crippen LogP contribution in [-0.4, -0.2) is 16.9 Å². The Labute approximate surface area is 147 Å². The summed E-state index contributed by atoms with van der Waals surface area (Å²) < 4.78 is 0. The zero-order chi connectivity index (χ0) is 16.9. The largest absolute Gasteiger partial charge is 0.381 e. The van der Waals surface area contributed by atoms with Crippen molar-refractivity contribution in [1.82, 2.24) is 4.98 Å². The van der Waals surface area contributed by atoms with Crippen molar-refractivity contribution in [3.63, 3.8) is 0 Å². The summed E-state index contributed by atoms with van der Waals surface area (Å²) in [6.45, 7) is 1.88. The lowest BCUT2D eigenvalue weighted by molar-refractivity contribution is 0.102. The molecular weight excluding hydrogens is 322 g/mol. The summed E-state index contributed by atoms with van der Waals surface area (Å²) in [6.07, 6.45) is 8.04. The van der Waals surface area contributed by atoms with Crippen LogP contribution in [0.25, 0.3) is 0 Å². The van der Waals surface area contributed by atoms with Crippen molar-refractivity contribution in [3.05, 3.63) is 52.8 Å². The molecule has 3 rings (SSSR count). The summed E-state index contributed by atoms with van der Waals surface area (Å²) in [5, 5.41) is 7.00. The van der Waals surface area contributed by atoms with Crippen LogP contribution >= 0.6 is 11.6 Å². The number of aromatic nitrogens is 1. The Balaban J connectivity index is 1.64. The first kappa shape index (κ1) is 16.8. The minimum Gasteiger partial charge on any atom is -0.381 e. The van der Waals surface area contributed by atoms with Crippen molar-refractivity contribution in [3.8, 4) is 0 Å². The van der Waals surface area contributed by atoms with Gasteiger partial charge in [-0.2, -0.15) is 0 Å². The maximum atomic E-state index is 12.3. The predicted molar refractivity (Wildman–Crippen MR) is 98.9 cm³/mol. The number of amides is 1. The SMILES string of the molecule is Cc1c(Cl)cccc1NC(=O)c1ccc(NC2CCCCC2)cn1. The fourth-order valence-corrected chi connectivity index (χ4v) is 3.20. The summed E-state index contributed by atoms with van der Waals surface area (Å²) in [4.78, 5) is 16.6. The van der Waals surface area contributed by atoms with Crippen molar-refractivity contribution in [2.24, 2.45) is 0 Å². The van der Waals surface area contributed by atoms with E-state index in [1.165, 1.54) is 32.1 Å². The van der Waals surface area contributed by atoms with Gasteiger partial charge in [0.1, 0.15) is 5.69 Å². The molecule has 1 saturated carbocycles. The maximum Gasteiger partial charge on any atom is 0.274 e. The van der Waals surface area contributed by atoms with Crippen LogP contribution in [0, 0.1) is 6.92 Å². The molecule has 0 saturated heterocycles. The van der Waals surface area contributed by atoms with Gasteiger partial charge in [-0.3, -0.25) is 4.79 Å². The Kier molecular flexibility index (Phi) is 5.36. The van der Waals surface area contributed by atoms with Crippen LogP contribution in [0.15, 0.2) is 36.5 Å². The Hall–Kier alpha value is -2.07. The van der Waals surface area contributed by atoms with E-state index in [0.29, 0.717) is 22.4 Å². The fourth-order valence-electron chi connectivity index (χ4n) is 3.03. The smallest absolute Gasteiger partial charge is 0.274 e. The highest BCUT2D eigenvalue weighted by Crippen LogP contribution is 2.24. The van der Waals surface area contributed by atoms with Crippen molar-refractivity contribution in [2.45, 2.75) is 45.1 Å². The molecule has 1 heterocycles. The molecule has 24 heavy (non-hydrogen) atoms. The maximum absolute atomic E-state index is 12.3. The Morgan fingerprint density at radius 2 is 1.96 bits per heavy atom. The average molecular weight is 344 g/mol. The number of nitrogens with one attached hydrogen (secondary N) is 2. The first-order valence-corrected chi connectivity index (χ1v) is 8.80. The van der Waals surface area contributed by atoms with Crippen LogP contribution in [0.4, 0.5) is 11.4 Å². The molecule has 0 spiro atoms. The molecule has 5 heteroatoms. The molecule has 1 aromatic heterocycles. The van der Waals surface area contributed by atoms with Crippen LogP contribution in [0.1, 0.15) is 48.2 Å². The normalized spacial score (nSPS) is 15.1. The number of rotatable bonds is 4. The van der Waals surface area contributed by atoms with Crippen LogP contribution in [-0.2, 0) is 0 Å². The van der Waals surface area contributed by atoms with Crippen LogP contribution < -0.4 is 10.6 Å². The van der Waals surface area contributed by atoms with Gasteiger partial charge in [0.25, 0.3) is 5.91 Å². The number of hydrogen-bond donors (Lipinski definition) is 2. The van der Waals surface area contributed by atoms with Crippen LogP contribution in [0.5, 0.6) is 0 Å². The molecule has 1 fully saturated rings. The third-order valence-electron chi connectivity index (χ3n) is 4.49. The second-order valence-corrected chi connectivity index (χ2v) is 6.69. The minimum absolute atomic E-state index is 0.232. The van der Waals surface area contributed by atoms with Gasteiger partial charge in [-0.25, -0.2) is 4.98 Å². The Morgan fingerprint density at radius 3 is 2.67 bits per heavy atom. The summed E-state index contributed by atoms with van der Waals surface area (Å²) in [6, 6.07) is 9.64. The lowest BCUT2D eigenvalue weighted by Crippen LogP contribution is -2.22. The van der Waals surface area contributed by atoms with Gasteiger partial charge in [0.05, 0.1) is 11.9 Å². The Morgan fingerprint density at radius 1 is 1.17 bits per heavy atom. The van der Waals surface area contributed by atoms with E-state index in [4.69, 9.17) is 11.6 Å². The second-order valence-electron chi connectivity index (χ2n) is 6.28. The molecule has 1 aromatic carbocycles. The second kappa shape index (κ2) is 7.67. The van der Waals surface area contributed by atoms with E-state index in [0.717, 1.165) is 11.3 Å². The van der Waals surface area contributed by atoms with E-state index in [9.17, 15) is 4.79 Å². The molecule has 1 amide bonds. The molecule has 1 aliphatic rings. The summed E-state index contributed by atoms with van der Waals surface area (Å²) >= 11 is 6.08. The molecule has 2 aromatic rings. The molecule has 0 aliphatic heterocycles. The standard InChI is InChI=1S/C19H22ClN3O/c1-13-16(20)8-5-9-17(13)23-19(24)18-11-10-15(12-21-18)22-14-6-3-2-4-7-14/h5,8-12,14,22H,2-4,6-7H2,1H3,(H,23,24). The molecule has 4 nitrogen and oxygen atoms in total. The van der Waals surface area contributed by atoms with Gasteiger partial charge in [0.15, 0.2) is 0 Å². The van der Waals surface area contributed by atoms with Gasteiger partial charge in [0.2, 0.25) is 0 Å². The highest BCUT2D eigenvalue weighted by Gasteiger charge is 2.14. The fraction of sp³-hybridized carbons (Fsp3) is 0.368. The van der Waals surface area contributed by atoms with Gasteiger partial charge < -0.3 is 10.6 Å². The highest BCUT2D eigenvalue weighted by atomic mass is 35.5. The quantitative estimate of drug-likeness (QED) is 0.817. The van der Waals surface area contributed by atoms with Crippen molar-refractivity contribution < 1.29 is 4.79 Å². The van der Waals surface area contributed by atoms with Crippen molar-refractivity contribution >= 4 is 28.9 Å². The zero-order valence-corrected chi connectivity index (χ0v) is 14.6. The van der Waals surface area contributed by atoms with Crippen molar-refractivity contribution in [1.29, 1.82) is 0 Å². The monoisotopic (exact) mass is 343 g/mol. The number of halogens is 1. The summed E-state index contributed by atoms with van der Waals surface area (Å²) in [5.74, 6) is -0.232. The number of anilines is 2. The molecule has 0 radical (unpaired) electrons. The van der Waals surface area contributed by atoms with Gasteiger partial charge in [0, 0.05) is 16.8 Å². The number of benzene rings is 1. The first-order chi connectivity index (χ1) is 11.6. The van der Waals surface area contributed by atoms with Gasteiger partial charge >= 0.3 is 0 Å². The topological polar surface area (TPSA) is 54.0 Å². The third-order valence-corrected chi connectivity index (χ3v) is 4.90. The number of carbonyl (C=O) groups excluding carboxylic acids is 1. The molecule has 1 aliphatic carbocycles. The third kappa shape index (κ3) is 4.06. The molecule has 0 bridgehead atoms. The number of pyridine rings is 1. The van der Waals surface area contributed by atoms with E-state index < -0.39 is 0 Å². The lowest BCUT2D eigenvalue weighted by atomic mass is 9.95. The van der Waals surface area contributed by atoms with Gasteiger partial charge in [-0.05, 0) is 49.6 Å². The van der Waals surface area contributed by atoms with E-state index in [1.807, 2.05) is 25.1 Å². The molecule has 0 atom stereocenters. The predicted octanol–water partition coefficient (Wildman–Crippen LogP) is 5.04. The van der Waals surface area contributed by atoms with E-state index >= 15 is 0 Å². The summed E-state index contributed by atoms with van der Waals surface area (Å²) in [5.41, 5.74) is 2.92. The molecular formula is C19H22ClN3O. The number of nitrogens with zero attached hydrogens (tertiary/aromatic N) is 1. The minimum atomic E-state index is -0.232. The Bertz CT molecular complexity index is 709. The summed E-state index contributed by atoms with van der Waals surface area (Å²) in [7, 11) is 0. The average Bonchev–Trinajstić information content (AvgIpc) is 2.60. The zero-order valence-electron chi connectivity index (χ0n) is 13.8. The van der Waals surface area contributed by atoms with Crippen LogP contribution in [0.2, 0.25) is 5.02 Å². The molecule has 126 valence electrons. The van der Waals surface area contributed by atoms with Gasteiger partial charge in [-0.15, -0.1) is 0 Å². The van der Waals surface area contributed by atoms with Crippen LogP contribution in [0.3, 0.4) is 0 Å². The van der Waals surface area contributed by atoms with E-state index in [1.54, 1.807) is 18.3 Å². The van der Waals surface area contributed by atoms with E-state index in [2.05, 4.69) is 15.6 Å². The van der Waals surface area contributed by atoms with Gasteiger partial charge in [-0.1, -0.05) is 36.9 Å². The molecule has 2 N–H and O–H groups in total. The number of hydrogen-bond acceptors (Lipinski definition) is 3. The lowest BCUT2D eigenvalue weighted by Gasteiger charge is -2.23. The van der Waals surface area contributed by atoms with Crippen molar-refractivity contribution in [2.75, 3.05) is 10.6 Å². The first-order valence-electron chi connectivity index (χ1n) is 8.42.